The highest BCUT2D eigenvalue weighted by Gasteiger charge is 2.28. The lowest BCUT2D eigenvalue weighted by molar-refractivity contribution is -0.138. The van der Waals surface area contributed by atoms with Crippen LogP contribution < -0.4 is 10.2 Å². The summed E-state index contributed by atoms with van der Waals surface area (Å²) >= 11 is 0. The van der Waals surface area contributed by atoms with Crippen molar-refractivity contribution in [3.05, 3.63) is 66.0 Å². The fourth-order valence-electron chi connectivity index (χ4n) is 3.39. The second-order valence-corrected chi connectivity index (χ2v) is 6.71. The predicted molar refractivity (Wildman–Crippen MR) is 103 cm³/mol. The van der Waals surface area contributed by atoms with E-state index in [1.807, 2.05) is 18.2 Å². The number of rotatable bonds is 5. The van der Waals surface area contributed by atoms with Crippen molar-refractivity contribution in [2.45, 2.75) is 25.9 Å². The van der Waals surface area contributed by atoms with Crippen LogP contribution >= 0.6 is 0 Å². The minimum atomic E-state index is -0.662. The molecule has 1 atom stereocenters. The molecule has 1 unspecified atom stereocenters. The lowest BCUT2D eigenvalue weighted by atomic mass is 10.2. The van der Waals surface area contributed by atoms with Crippen LogP contribution in [0.2, 0.25) is 0 Å². The summed E-state index contributed by atoms with van der Waals surface area (Å²) in [6.07, 6.45) is 0.804. The lowest BCUT2D eigenvalue weighted by Crippen LogP contribution is -2.47. The van der Waals surface area contributed by atoms with Gasteiger partial charge in [0.15, 0.2) is 0 Å². The SMILES string of the molecule is CCN(C(=O)C(=O)NC1CCN(Cc2ccccc2)C1)c1cccc(F)c1. The van der Waals surface area contributed by atoms with E-state index in [0.717, 1.165) is 19.5 Å². The van der Waals surface area contributed by atoms with Crippen molar-refractivity contribution in [1.29, 1.82) is 0 Å². The Balaban J connectivity index is 1.56. The first-order valence-corrected chi connectivity index (χ1v) is 9.21. The summed E-state index contributed by atoms with van der Waals surface area (Å²) in [6, 6.07) is 15.8. The van der Waals surface area contributed by atoms with E-state index in [2.05, 4.69) is 22.3 Å². The molecular weight excluding hydrogens is 345 g/mol. The van der Waals surface area contributed by atoms with Crippen LogP contribution in [-0.2, 0) is 16.1 Å². The molecule has 1 aliphatic heterocycles. The van der Waals surface area contributed by atoms with Crippen LogP contribution in [0.15, 0.2) is 54.6 Å². The predicted octanol–water partition coefficient (Wildman–Crippen LogP) is 2.57. The molecule has 0 bridgehead atoms. The Bertz CT molecular complexity index is 797. The first-order chi connectivity index (χ1) is 13.1. The van der Waals surface area contributed by atoms with E-state index in [0.29, 0.717) is 18.8 Å². The van der Waals surface area contributed by atoms with Crippen LogP contribution in [0.5, 0.6) is 0 Å². The Morgan fingerprint density at radius 2 is 1.96 bits per heavy atom. The van der Waals surface area contributed by atoms with Gasteiger partial charge in [-0.1, -0.05) is 36.4 Å². The third kappa shape index (κ3) is 4.92. The summed E-state index contributed by atoms with van der Waals surface area (Å²) in [4.78, 5) is 28.5. The molecule has 1 aliphatic rings. The Kier molecular flexibility index (Phi) is 6.19. The standard InChI is InChI=1S/C21H24FN3O2/c1-2-25(19-10-6-9-17(22)13-19)21(27)20(26)23-18-11-12-24(15-18)14-16-7-4-3-5-8-16/h3-10,13,18H,2,11-12,14-15H2,1H3,(H,23,26). The number of carbonyl (C=O) groups is 2. The Morgan fingerprint density at radius 3 is 2.67 bits per heavy atom. The van der Waals surface area contributed by atoms with Gasteiger partial charge in [0, 0.05) is 37.9 Å². The van der Waals surface area contributed by atoms with Gasteiger partial charge in [-0.2, -0.15) is 0 Å². The molecule has 1 saturated heterocycles. The zero-order valence-electron chi connectivity index (χ0n) is 15.4. The van der Waals surface area contributed by atoms with Crippen LogP contribution in [0.1, 0.15) is 18.9 Å². The Labute approximate surface area is 158 Å². The van der Waals surface area contributed by atoms with Gasteiger partial charge in [-0.15, -0.1) is 0 Å². The molecule has 2 aromatic carbocycles. The monoisotopic (exact) mass is 369 g/mol. The van der Waals surface area contributed by atoms with Gasteiger partial charge in [0.25, 0.3) is 0 Å². The van der Waals surface area contributed by atoms with Crippen molar-refractivity contribution in [2.75, 3.05) is 24.5 Å². The second kappa shape index (κ2) is 8.77. The average Bonchev–Trinajstić information content (AvgIpc) is 3.10. The van der Waals surface area contributed by atoms with Gasteiger partial charge in [-0.25, -0.2) is 4.39 Å². The van der Waals surface area contributed by atoms with Crippen LogP contribution in [0.25, 0.3) is 0 Å². The fraction of sp³-hybridized carbons (Fsp3) is 0.333. The van der Waals surface area contributed by atoms with Gasteiger partial charge in [-0.05, 0) is 37.1 Å². The summed E-state index contributed by atoms with van der Waals surface area (Å²) in [5.74, 6) is -1.75. The molecule has 6 heteroatoms. The number of likely N-dealkylation sites (tertiary alicyclic amines) is 1. The number of halogens is 1. The van der Waals surface area contributed by atoms with Gasteiger partial charge in [0.2, 0.25) is 0 Å². The number of hydrogen-bond acceptors (Lipinski definition) is 3. The third-order valence-corrected chi connectivity index (χ3v) is 4.73. The summed E-state index contributed by atoms with van der Waals surface area (Å²) in [6.45, 7) is 4.45. The Hall–Kier alpha value is -2.73. The van der Waals surface area contributed by atoms with Crippen LogP contribution in [0.4, 0.5) is 10.1 Å². The molecule has 27 heavy (non-hydrogen) atoms. The first kappa shape index (κ1) is 19.0. The highest BCUT2D eigenvalue weighted by Crippen LogP contribution is 2.17. The van der Waals surface area contributed by atoms with Gasteiger partial charge in [0.1, 0.15) is 5.82 Å². The summed E-state index contributed by atoms with van der Waals surface area (Å²) < 4.78 is 13.4. The van der Waals surface area contributed by atoms with Crippen molar-refractivity contribution >= 4 is 17.5 Å². The number of anilines is 1. The quantitative estimate of drug-likeness (QED) is 0.825. The lowest BCUT2D eigenvalue weighted by Gasteiger charge is -2.22. The number of benzene rings is 2. The van der Waals surface area contributed by atoms with E-state index in [9.17, 15) is 14.0 Å². The Morgan fingerprint density at radius 1 is 1.19 bits per heavy atom. The largest absolute Gasteiger partial charge is 0.344 e. The molecule has 5 nitrogen and oxygen atoms in total. The smallest absolute Gasteiger partial charge is 0.316 e. The summed E-state index contributed by atoms with van der Waals surface area (Å²) in [5.41, 5.74) is 1.61. The minimum absolute atomic E-state index is 0.0589. The van der Waals surface area contributed by atoms with Crippen molar-refractivity contribution < 1.29 is 14.0 Å². The maximum atomic E-state index is 13.4. The van der Waals surface area contributed by atoms with Gasteiger partial charge >= 0.3 is 11.8 Å². The van der Waals surface area contributed by atoms with Gasteiger partial charge in [-0.3, -0.25) is 14.5 Å². The van der Waals surface area contributed by atoms with E-state index >= 15 is 0 Å². The van der Waals surface area contributed by atoms with E-state index < -0.39 is 17.6 Å². The average molecular weight is 369 g/mol. The number of hydrogen-bond donors (Lipinski definition) is 1. The van der Waals surface area contributed by atoms with Crippen LogP contribution in [0.3, 0.4) is 0 Å². The molecule has 0 aliphatic carbocycles. The number of nitrogens with zero attached hydrogens (tertiary/aromatic N) is 2. The van der Waals surface area contributed by atoms with Crippen LogP contribution in [0, 0.1) is 5.82 Å². The number of amides is 2. The molecule has 2 aromatic rings. The van der Waals surface area contributed by atoms with Gasteiger partial charge in [0.05, 0.1) is 0 Å². The maximum Gasteiger partial charge on any atom is 0.316 e. The van der Waals surface area contributed by atoms with Crippen LogP contribution in [-0.4, -0.2) is 42.4 Å². The molecule has 0 radical (unpaired) electrons. The first-order valence-electron chi connectivity index (χ1n) is 9.21. The molecule has 1 fully saturated rings. The molecule has 0 saturated carbocycles. The molecule has 0 spiro atoms. The third-order valence-electron chi connectivity index (χ3n) is 4.73. The van der Waals surface area contributed by atoms with Crippen molar-refractivity contribution in [3.63, 3.8) is 0 Å². The number of likely N-dealkylation sites (N-methyl/N-ethyl adjacent to an activating group) is 1. The normalized spacial score (nSPS) is 16.9. The highest BCUT2D eigenvalue weighted by atomic mass is 19.1. The van der Waals surface area contributed by atoms with E-state index in [1.54, 1.807) is 13.0 Å². The summed E-state index contributed by atoms with van der Waals surface area (Å²) in [5, 5.41) is 2.83. The maximum absolute atomic E-state index is 13.4. The topological polar surface area (TPSA) is 52.7 Å². The molecule has 1 N–H and O–H groups in total. The minimum Gasteiger partial charge on any atom is -0.344 e. The molecule has 1 heterocycles. The number of carbonyl (C=O) groups excluding carboxylic acids is 2. The van der Waals surface area contributed by atoms with E-state index in [1.165, 1.54) is 28.7 Å². The zero-order valence-corrected chi connectivity index (χ0v) is 15.4. The van der Waals surface area contributed by atoms with Crippen molar-refractivity contribution in [1.82, 2.24) is 10.2 Å². The van der Waals surface area contributed by atoms with Crippen molar-refractivity contribution in [2.24, 2.45) is 0 Å². The molecule has 2 amide bonds. The number of nitrogens with one attached hydrogen (secondary N) is 1. The second-order valence-electron chi connectivity index (χ2n) is 6.71. The molecule has 0 aromatic heterocycles. The van der Waals surface area contributed by atoms with E-state index in [4.69, 9.17) is 0 Å². The van der Waals surface area contributed by atoms with Crippen molar-refractivity contribution in [3.8, 4) is 0 Å². The zero-order chi connectivity index (χ0) is 19.2. The summed E-state index contributed by atoms with van der Waals surface area (Å²) in [7, 11) is 0. The molecule has 3 rings (SSSR count). The highest BCUT2D eigenvalue weighted by molar-refractivity contribution is 6.40. The fourth-order valence-corrected chi connectivity index (χ4v) is 3.39. The van der Waals surface area contributed by atoms with E-state index in [-0.39, 0.29) is 6.04 Å². The van der Waals surface area contributed by atoms with Gasteiger partial charge < -0.3 is 10.2 Å². The molecular formula is C21H24FN3O2. The molecule has 142 valence electrons.